The number of hydrogen-bond donors (Lipinski definition) is 1. The third-order valence-electron chi connectivity index (χ3n) is 3.72. The van der Waals surface area contributed by atoms with Gasteiger partial charge in [-0.15, -0.1) is 0 Å². The van der Waals surface area contributed by atoms with E-state index in [-0.39, 0.29) is 17.9 Å². The molecule has 1 fully saturated rings. The van der Waals surface area contributed by atoms with Gasteiger partial charge in [0.1, 0.15) is 0 Å². The van der Waals surface area contributed by atoms with Crippen molar-refractivity contribution >= 4 is 29.0 Å². The minimum Gasteiger partial charge on any atom is -0.393 e. The third-order valence-corrected chi connectivity index (χ3v) is 3.89. The zero-order chi connectivity index (χ0) is 13.2. The number of nitrogens with two attached hydrogens (primary N) is 1. The fourth-order valence-electron chi connectivity index (χ4n) is 2.45. The van der Waals surface area contributed by atoms with Gasteiger partial charge >= 0.3 is 0 Å². The second kappa shape index (κ2) is 5.12. The molecular formula is C12H20N2O2S. The van der Waals surface area contributed by atoms with Gasteiger partial charge in [0.2, 0.25) is 11.8 Å². The van der Waals surface area contributed by atoms with Crippen LogP contribution in [0, 0.1) is 5.41 Å². The van der Waals surface area contributed by atoms with Gasteiger partial charge in [-0.25, -0.2) is 0 Å². The van der Waals surface area contributed by atoms with E-state index in [0.29, 0.717) is 30.7 Å². The van der Waals surface area contributed by atoms with Crippen molar-refractivity contribution in [1.82, 2.24) is 4.90 Å². The maximum Gasteiger partial charge on any atom is 0.236 e. The Kier molecular flexibility index (Phi) is 4.25. The average molecular weight is 256 g/mol. The van der Waals surface area contributed by atoms with E-state index in [2.05, 4.69) is 0 Å². The number of rotatable bonds is 5. The number of hydrogen-bond acceptors (Lipinski definition) is 3. The second-order valence-corrected chi connectivity index (χ2v) is 5.28. The Balaban J connectivity index is 2.92. The lowest BCUT2D eigenvalue weighted by Crippen LogP contribution is -2.42. The highest BCUT2D eigenvalue weighted by atomic mass is 32.1. The van der Waals surface area contributed by atoms with E-state index in [0.717, 1.165) is 0 Å². The summed E-state index contributed by atoms with van der Waals surface area (Å²) in [5, 5.41) is 0. The summed E-state index contributed by atoms with van der Waals surface area (Å²) >= 11 is 4.83. The molecule has 4 nitrogen and oxygen atoms in total. The van der Waals surface area contributed by atoms with Crippen molar-refractivity contribution in [3.8, 4) is 0 Å². The quantitative estimate of drug-likeness (QED) is 0.599. The molecule has 1 unspecified atom stereocenters. The van der Waals surface area contributed by atoms with Crippen LogP contribution in [0.15, 0.2) is 0 Å². The summed E-state index contributed by atoms with van der Waals surface area (Å²) in [6.07, 6.45) is 2.12. The van der Waals surface area contributed by atoms with Gasteiger partial charge in [-0.1, -0.05) is 26.1 Å². The molecule has 1 saturated heterocycles. The smallest absolute Gasteiger partial charge is 0.236 e. The molecule has 0 bridgehead atoms. The Labute approximate surface area is 108 Å². The van der Waals surface area contributed by atoms with E-state index in [1.165, 1.54) is 4.90 Å². The topological polar surface area (TPSA) is 63.4 Å². The van der Waals surface area contributed by atoms with E-state index in [1.807, 2.05) is 20.8 Å². The summed E-state index contributed by atoms with van der Waals surface area (Å²) in [4.78, 5) is 26.0. The molecule has 17 heavy (non-hydrogen) atoms. The molecular weight excluding hydrogens is 236 g/mol. The van der Waals surface area contributed by atoms with Crippen molar-refractivity contribution < 1.29 is 9.59 Å². The number of nitrogens with zero attached hydrogens (tertiary/aromatic N) is 1. The SMILES string of the molecule is CCC1(CC)CC(=O)N(C(C)CC(N)=S)C1=O. The summed E-state index contributed by atoms with van der Waals surface area (Å²) in [5.41, 5.74) is 4.97. The van der Waals surface area contributed by atoms with Crippen LogP contribution >= 0.6 is 12.2 Å². The predicted molar refractivity (Wildman–Crippen MR) is 70.3 cm³/mol. The molecule has 0 aromatic rings. The van der Waals surface area contributed by atoms with Crippen LogP contribution in [-0.4, -0.2) is 27.7 Å². The molecule has 96 valence electrons. The Bertz CT molecular complexity index is 350. The standard InChI is InChI=1S/C12H20N2O2S/c1-4-12(5-2)7-10(15)14(11(12)16)8(3)6-9(13)17/h8H,4-7H2,1-3H3,(H2,13,17). The first-order valence-corrected chi connectivity index (χ1v) is 6.43. The van der Waals surface area contributed by atoms with Gasteiger partial charge in [0, 0.05) is 18.9 Å². The molecule has 0 aromatic heterocycles. The van der Waals surface area contributed by atoms with Crippen LogP contribution in [0.2, 0.25) is 0 Å². The van der Waals surface area contributed by atoms with Crippen LogP contribution in [-0.2, 0) is 9.59 Å². The van der Waals surface area contributed by atoms with Crippen LogP contribution in [0.5, 0.6) is 0 Å². The maximum absolute atomic E-state index is 12.3. The summed E-state index contributed by atoms with van der Waals surface area (Å²) in [6, 6.07) is -0.229. The summed E-state index contributed by atoms with van der Waals surface area (Å²) in [6.45, 7) is 5.73. The lowest BCUT2D eigenvalue weighted by atomic mass is 9.81. The first kappa shape index (κ1) is 14.1. The Morgan fingerprint density at radius 1 is 1.47 bits per heavy atom. The van der Waals surface area contributed by atoms with Crippen LogP contribution < -0.4 is 5.73 Å². The molecule has 5 heteroatoms. The van der Waals surface area contributed by atoms with E-state index < -0.39 is 5.41 Å². The highest BCUT2D eigenvalue weighted by molar-refractivity contribution is 7.80. The highest BCUT2D eigenvalue weighted by Gasteiger charge is 2.50. The van der Waals surface area contributed by atoms with Crippen LogP contribution in [0.3, 0.4) is 0 Å². The molecule has 1 heterocycles. The monoisotopic (exact) mass is 256 g/mol. The molecule has 2 N–H and O–H groups in total. The minimum absolute atomic E-state index is 0.0590. The molecule has 2 amide bonds. The van der Waals surface area contributed by atoms with Crippen molar-refractivity contribution in [3.63, 3.8) is 0 Å². The lowest BCUT2D eigenvalue weighted by molar-refractivity contribution is -0.143. The van der Waals surface area contributed by atoms with Crippen molar-refractivity contribution in [2.75, 3.05) is 0 Å². The average Bonchev–Trinajstić information content (AvgIpc) is 2.49. The molecule has 1 aliphatic heterocycles. The number of thiocarbonyl (C=S) groups is 1. The van der Waals surface area contributed by atoms with Crippen molar-refractivity contribution in [2.45, 2.75) is 52.5 Å². The molecule has 1 aliphatic rings. The molecule has 0 saturated carbocycles. The van der Waals surface area contributed by atoms with Crippen molar-refractivity contribution in [3.05, 3.63) is 0 Å². The third kappa shape index (κ3) is 2.49. The Morgan fingerprint density at radius 3 is 2.35 bits per heavy atom. The number of likely N-dealkylation sites (tertiary alicyclic amines) is 1. The second-order valence-electron chi connectivity index (χ2n) is 4.75. The minimum atomic E-state index is -0.498. The Morgan fingerprint density at radius 2 is 2.00 bits per heavy atom. The largest absolute Gasteiger partial charge is 0.393 e. The fraction of sp³-hybridized carbons (Fsp3) is 0.750. The summed E-state index contributed by atoms with van der Waals surface area (Å²) < 4.78 is 0. The molecule has 0 aliphatic carbocycles. The molecule has 0 spiro atoms. The zero-order valence-corrected chi connectivity index (χ0v) is 11.5. The van der Waals surface area contributed by atoms with Gasteiger partial charge in [0.15, 0.2) is 0 Å². The van der Waals surface area contributed by atoms with Gasteiger partial charge in [-0.2, -0.15) is 0 Å². The highest BCUT2D eigenvalue weighted by Crippen LogP contribution is 2.40. The molecule has 0 aromatic carbocycles. The normalized spacial score (nSPS) is 20.8. The Hall–Kier alpha value is -0.970. The van der Waals surface area contributed by atoms with Gasteiger partial charge < -0.3 is 5.73 Å². The molecule has 1 atom stereocenters. The van der Waals surface area contributed by atoms with Crippen molar-refractivity contribution in [2.24, 2.45) is 11.1 Å². The lowest BCUT2D eigenvalue weighted by Gasteiger charge is -2.27. The van der Waals surface area contributed by atoms with E-state index in [9.17, 15) is 9.59 Å². The van der Waals surface area contributed by atoms with Gasteiger partial charge in [0.05, 0.1) is 10.4 Å². The summed E-state index contributed by atoms with van der Waals surface area (Å²) in [7, 11) is 0. The number of amides is 2. The predicted octanol–water partition coefficient (Wildman–Crippen LogP) is 1.62. The van der Waals surface area contributed by atoms with E-state index >= 15 is 0 Å². The van der Waals surface area contributed by atoms with Crippen LogP contribution in [0.25, 0.3) is 0 Å². The molecule has 0 radical (unpaired) electrons. The van der Waals surface area contributed by atoms with Gasteiger partial charge in [0.25, 0.3) is 0 Å². The van der Waals surface area contributed by atoms with E-state index in [4.69, 9.17) is 18.0 Å². The van der Waals surface area contributed by atoms with Crippen LogP contribution in [0.1, 0.15) is 46.5 Å². The first-order valence-electron chi connectivity index (χ1n) is 6.02. The van der Waals surface area contributed by atoms with E-state index in [1.54, 1.807) is 0 Å². The maximum atomic E-state index is 12.3. The number of carbonyl (C=O) groups is 2. The van der Waals surface area contributed by atoms with Gasteiger partial charge in [-0.05, 0) is 19.8 Å². The van der Waals surface area contributed by atoms with Crippen LogP contribution in [0.4, 0.5) is 0 Å². The molecule has 1 rings (SSSR count). The van der Waals surface area contributed by atoms with Gasteiger partial charge in [-0.3, -0.25) is 14.5 Å². The van der Waals surface area contributed by atoms with Crippen molar-refractivity contribution in [1.29, 1.82) is 0 Å². The zero-order valence-electron chi connectivity index (χ0n) is 10.7. The summed E-state index contributed by atoms with van der Waals surface area (Å²) in [5.74, 6) is -0.154. The number of imide groups is 1. The fourth-order valence-corrected chi connectivity index (χ4v) is 2.69. The first-order chi connectivity index (χ1) is 7.88. The number of carbonyl (C=O) groups excluding carboxylic acids is 2.